The number of nitrogens with two attached hydrogens (primary N) is 1. The summed E-state index contributed by atoms with van der Waals surface area (Å²) in [5.74, 6) is -1.12. The van der Waals surface area contributed by atoms with Crippen molar-refractivity contribution in [1.29, 1.82) is 0 Å². The molecule has 0 aromatic heterocycles. The number of benzene rings is 1. The molecule has 1 aliphatic rings. The Kier molecular flexibility index (Phi) is 4.98. The van der Waals surface area contributed by atoms with Crippen molar-refractivity contribution in [3.05, 3.63) is 59.2 Å². The number of rotatable bonds is 4. The Morgan fingerprint density at radius 2 is 1.95 bits per heavy atom. The zero-order valence-corrected chi connectivity index (χ0v) is 12.5. The van der Waals surface area contributed by atoms with Crippen molar-refractivity contribution in [2.24, 2.45) is 5.73 Å². The van der Waals surface area contributed by atoms with Gasteiger partial charge < -0.3 is 10.6 Å². The molecule has 2 rings (SSSR count). The minimum Gasteiger partial charge on any atom is -0.375 e. The van der Waals surface area contributed by atoms with Gasteiger partial charge in [0, 0.05) is 24.5 Å². The van der Waals surface area contributed by atoms with E-state index in [4.69, 9.17) is 29.6 Å². The predicted molar refractivity (Wildman–Crippen MR) is 81.6 cm³/mol. The highest BCUT2D eigenvalue weighted by molar-refractivity contribution is 7.80. The van der Waals surface area contributed by atoms with Gasteiger partial charge in [0.2, 0.25) is 0 Å². The molecule has 0 saturated heterocycles. The maximum absolute atomic E-state index is 13.5. The molecular formula is C13H13ClF2N4S. The molecule has 0 radical (unpaired) electrons. The van der Waals surface area contributed by atoms with Gasteiger partial charge in [-0.05, 0) is 30.8 Å². The van der Waals surface area contributed by atoms with Crippen molar-refractivity contribution < 1.29 is 8.78 Å². The highest BCUT2D eigenvalue weighted by Gasteiger charge is 2.14. The van der Waals surface area contributed by atoms with Crippen LogP contribution < -0.4 is 11.2 Å². The van der Waals surface area contributed by atoms with Crippen LogP contribution in [0.15, 0.2) is 42.0 Å². The van der Waals surface area contributed by atoms with Crippen molar-refractivity contribution in [2.75, 3.05) is 6.54 Å². The smallest absolute Gasteiger partial charge is 0.183 e. The van der Waals surface area contributed by atoms with Gasteiger partial charge in [0.15, 0.2) is 5.11 Å². The van der Waals surface area contributed by atoms with Gasteiger partial charge in [0.25, 0.3) is 0 Å². The molecule has 0 fully saturated rings. The first kappa shape index (κ1) is 15.5. The summed E-state index contributed by atoms with van der Waals surface area (Å²) in [4.78, 5) is 1.66. The summed E-state index contributed by atoms with van der Waals surface area (Å²) in [7, 11) is 0. The fourth-order valence-electron chi connectivity index (χ4n) is 1.84. The van der Waals surface area contributed by atoms with Crippen molar-refractivity contribution in [1.82, 2.24) is 15.3 Å². The zero-order valence-electron chi connectivity index (χ0n) is 10.9. The highest BCUT2D eigenvalue weighted by atomic mass is 35.5. The number of thiocarbonyl (C=S) groups is 1. The van der Waals surface area contributed by atoms with E-state index in [1.807, 2.05) is 0 Å². The van der Waals surface area contributed by atoms with Crippen LogP contribution in [0, 0.1) is 11.6 Å². The molecule has 8 heteroatoms. The molecule has 1 aliphatic heterocycles. The van der Waals surface area contributed by atoms with E-state index in [0.717, 1.165) is 0 Å². The Balaban J connectivity index is 1.99. The Labute approximate surface area is 131 Å². The summed E-state index contributed by atoms with van der Waals surface area (Å²) in [5, 5.41) is 1.96. The van der Waals surface area contributed by atoms with Gasteiger partial charge in [-0.1, -0.05) is 17.7 Å². The second kappa shape index (κ2) is 6.73. The largest absolute Gasteiger partial charge is 0.375 e. The normalized spacial score (nSPS) is 14.1. The van der Waals surface area contributed by atoms with Crippen molar-refractivity contribution in [3.8, 4) is 0 Å². The highest BCUT2D eigenvalue weighted by Crippen LogP contribution is 2.19. The first-order valence-corrected chi connectivity index (χ1v) is 6.85. The molecule has 0 amide bonds. The third kappa shape index (κ3) is 4.05. The molecule has 0 aliphatic carbocycles. The van der Waals surface area contributed by atoms with Gasteiger partial charge in [0.1, 0.15) is 16.8 Å². The molecule has 1 aromatic carbocycles. The van der Waals surface area contributed by atoms with Gasteiger partial charge in [-0.25, -0.2) is 8.78 Å². The third-order valence-corrected chi connectivity index (χ3v) is 3.24. The quantitative estimate of drug-likeness (QED) is 0.655. The van der Waals surface area contributed by atoms with Crippen LogP contribution in [0.1, 0.15) is 5.56 Å². The second-order valence-corrected chi connectivity index (χ2v) is 5.10. The monoisotopic (exact) mass is 330 g/mol. The van der Waals surface area contributed by atoms with E-state index in [0.29, 0.717) is 11.7 Å². The summed E-state index contributed by atoms with van der Waals surface area (Å²) in [6.07, 6.45) is 5.04. The Morgan fingerprint density at radius 1 is 1.29 bits per heavy atom. The maximum Gasteiger partial charge on any atom is 0.183 e. The predicted octanol–water partition coefficient (Wildman–Crippen LogP) is 2.38. The fourth-order valence-corrected chi connectivity index (χ4v) is 2.19. The number of hydrogen-bond acceptors (Lipinski definition) is 3. The summed E-state index contributed by atoms with van der Waals surface area (Å²) in [6, 6.07) is 3.80. The topological polar surface area (TPSA) is 44.5 Å². The third-order valence-electron chi connectivity index (χ3n) is 2.83. The number of nitrogens with zero attached hydrogens (tertiary/aromatic N) is 2. The van der Waals surface area contributed by atoms with Gasteiger partial charge in [0.05, 0.1) is 6.20 Å². The number of nitrogens with one attached hydrogen (secondary N) is 1. The number of halogens is 3. The van der Waals surface area contributed by atoms with E-state index in [1.165, 1.54) is 23.2 Å². The average molecular weight is 331 g/mol. The lowest BCUT2D eigenvalue weighted by atomic mass is 10.1. The lowest BCUT2D eigenvalue weighted by molar-refractivity contribution is 0.385. The SMILES string of the molecule is NC(=S)NN1C=CN(CCc2c(F)cccc2F)C(Cl)=C1. The molecule has 0 atom stereocenters. The standard InChI is InChI=1S/C13H13ClF2N4S/c14-12-8-20(18-13(17)21)7-6-19(12)5-4-9-10(15)2-1-3-11(9)16/h1-3,6-8H,4-5H2,(H3,17,18,21). The molecular weight excluding hydrogens is 318 g/mol. The molecule has 0 spiro atoms. The van der Waals surface area contributed by atoms with E-state index in [-0.39, 0.29) is 17.1 Å². The Morgan fingerprint density at radius 3 is 2.52 bits per heavy atom. The minimum atomic E-state index is -0.562. The van der Waals surface area contributed by atoms with Crippen LogP contribution in [0.4, 0.5) is 8.78 Å². The number of hydrazine groups is 1. The molecule has 0 unspecified atom stereocenters. The van der Waals surface area contributed by atoms with Crippen LogP contribution in [0.25, 0.3) is 0 Å². The van der Waals surface area contributed by atoms with Crippen molar-refractivity contribution in [3.63, 3.8) is 0 Å². The van der Waals surface area contributed by atoms with Gasteiger partial charge in [-0.15, -0.1) is 0 Å². The van der Waals surface area contributed by atoms with Crippen LogP contribution in [0.2, 0.25) is 0 Å². The van der Waals surface area contributed by atoms with Crippen molar-refractivity contribution in [2.45, 2.75) is 6.42 Å². The zero-order chi connectivity index (χ0) is 15.4. The molecule has 3 N–H and O–H groups in total. The summed E-state index contributed by atoms with van der Waals surface area (Å²) in [6.45, 7) is 0.338. The van der Waals surface area contributed by atoms with Crippen LogP contribution in [0.3, 0.4) is 0 Å². The Bertz CT molecular complexity index is 586. The molecule has 112 valence electrons. The van der Waals surface area contributed by atoms with E-state index < -0.39 is 11.6 Å². The van der Waals surface area contributed by atoms with Crippen LogP contribution >= 0.6 is 23.8 Å². The van der Waals surface area contributed by atoms with Crippen LogP contribution in [-0.2, 0) is 6.42 Å². The minimum absolute atomic E-state index is 0.0408. The van der Waals surface area contributed by atoms with E-state index in [1.54, 1.807) is 23.5 Å². The first-order valence-electron chi connectivity index (χ1n) is 6.07. The first-order chi connectivity index (χ1) is 9.97. The van der Waals surface area contributed by atoms with Crippen LogP contribution in [0.5, 0.6) is 0 Å². The Hall–Kier alpha value is -1.86. The van der Waals surface area contributed by atoms with E-state index >= 15 is 0 Å². The molecule has 1 heterocycles. The van der Waals surface area contributed by atoms with Crippen molar-refractivity contribution >= 4 is 28.9 Å². The average Bonchev–Trinajstić information content (AvgIpc) is 2.39. The lowest BCUT2D eigenvalue weighted by Crippen LogP contribution is -2.40. The van der Waals surface area contributed by atoms with Gasteiger partial charge >= 0.3 is 0 Å². The maximum atomic E-state index is 13.5. The summed E-state index contributed by atoms with van der Waals surface area (Å²) < 4.78 is 27.1. The second-order valence-electron chi connectivity index (χ2n) is 4.28. The van der Waals surface area contributed by atoms with E-state index in [9.17, 15) is 8.78 Å². The van der Waals surface area contributed by atoms with Crippen LogP contribution in [-0.4, -0.2) is 21.6 Å². The summed E-state index contributed by atoms with van der Waals surface area (Å²) >= 11 is 10.8. The summed E-state index contributed by atoms with van der Waals surface area (Å²) in [5.41, 5.74) is 8.06. The van der Waals surface area contributed by atoms with E-state index in [2.05, 4.69) is 5.43 Å². The molecule has 21 heavy (non-hydrogen) atoms. The fraction of sp³-hybridized carbons (Fsp3) is 0.154. The molecule has 0 saturated carbocycles. The molecule has 4 nitrogen and oxygen atoms in total. The molecule has 0 bridgehead atoms. The van der Waals surface area contributed by atoms with Gasteiger partial charge in [-0.3, -0.25) is 10.4 Å². The molecule has 1 aromatic rings. The number of hydrogen-bond donors (Lipinski definition) is 2. The van der Waals surface area contributed by atoms with Gasteiger partial charge in [-0.2, -0.15) is 0 Å². The lowest BCUT2D eigenvalue weighted by Gasteiger charge is -2.28.